The summed E-state index contributed by atoms with van der Waals surface area (Å²) in [5.74, 6) is 0.315. The highest BCUT2D eigenvalue weighted by Crippen LogP contribution is 2.30. The second-order valence-electron chi connectivity index (χ2n) is 6.68. The number of hydrogen-bond donors (Lipinski definition) is 3. The molecule has 166 valence electrons. The van der Waals surface area contributed by atoms with Crippen molar-refractivity contribution in [1.82, 2.24) is 0 Å². The fourth-order valence-corrected chi connectivity index (χ4v) is 3.92. The fourth-order valence-electron chi connectivity index (χ4n) is 2.83. The van der Waals surface area contributed by atoms with Gasteiger partial charge in [-0.1, -0.05) is 24.3 Å². The van der Waals surface area contributed by atoms with Crippen molar-refractivity contribution in [2.45, 2.75) is 11.8 Å². The van der Waals surface area contributed by atoms with Crippen molar-refractivity contribution >= 4 is 38.5 Å². The topological polar surface area (TPSA) is 149 Å². The van der Waals surface area contributed by atoms with Gasteiger partial charge in [-0.05, 0) is 48.9 Å². The van der Waals surface area contributed by atoms with Gasteiger partial charge in [-0.15, -0.1) is 0 Å². The van der Waals surface area contributed by atoms with Gasteiger partial charge in [-0.3, -0.25) is 20.3 Å². The number of nitro groups is 1. The van der Waals surface area contributed by atoms with Crippen molar-refractivity contribution in [3.63, 3.8) is 0 Å². The van der Waals surface area contributed by atoms with Crippen molar-refractivity contribution < 1.29 is 18.1 Å². The van der Waals surface area contributed by atoms with Crippen LogP contribution >= 0.6 is 0 Å². The summed E-state index contributed by atoms with van der Waals surface area (Å²) in [6.07, 6.45) is 0. The highest BCUT2D eigenvalue weighted by molar-refractivity contribution is 7.92. The number of ether oxygens (including phenoxy) is 1. The third-order valence-electron chi connectivity index (χ3n) is 4.48. The third-order valence-corrected chi connectivity index (χ3v) is 5.84. The number of nitrogens with two attached hydrogens (primary N) is 1. The zero-order chi connectivity index (χ0) is 23.3. The van der Waals surface area contributed by atoms with Crippen LogP contribution in [0.25, 0.3) is 0 Å². The van der Waals surface area contributed by atoms with Crippen LogP contribution in [0.2, 0.25) is 0 Å². The molecular formula is C21H21N5O5S. The number of hydrazone groups is 1. The zero-order valence-electron chi connectivity index (χ0n) is 17.3. The maximum Gasteiger partial charge on any atom is 0.295 e. The Hall–Kier alpha value is -4.12. The molecule has 0 bridgehead atoms. The Labute approximate surface area is 184 Å². The SMILES string of the molecule is COc1ccccc1NS(=O)(=O)c1ccc(N/N=C(\C)c2cccc(N)c2)c([N+](=O)[O-])c1. The molecule has 0 spiro atoms. The van der Waals surface area contributed by atoms with E-state index in [1.54, 1.807) is 49.4 Å². The molecule has 0 heterocycles. The Morgan fingerprint density at radius 3 is 2.50 bits per heavy atom. The second kappa shape index (κ2) is 9.35. The molecule has 0 aliphatic rings. The molecule has 10 nitrogen and oxygen atoms in total. The summed E-state index contributed by atoms with van der Waals surface area (Å²) in [5, 5.41) is 15.7. The fraction of sp³-hybridized carbons (Fsp3) is 0.0952. The monoisotopic (exact) mass is 455 g/mol. The summed E-state index contributed by atoms with van der Waals surface area (Å²) < 4.78 is 33.1. The lowest BCUT2D eigenvalue weighted by Crippen LogP contribution is -2.14. The molecule has 0 saturated heterocycles. The van der Waals surface area contributed by atoms with E-state index in [1.807, 2.05) is 0 Å². The van der Waals surface area contributed by atoms with Crippen LogP contribution in [-0.4, -0.2) is 26.2 Å². The predicted molar refractivity (Wildman–Crippen MR) is 124 cm³/mol. The van der Waals surface area contributed by atoms with Gasteiger partial charge in [0.15, 0.2) is 0 Å². The smallest absolute Gasteiger partial charge is 0.295 e. The summed E-state index contributed by atoms with van der Waals surface area (Å²) >= 11 is 0. The van der Waals surface area contributed by atoms with Crippen molar-refractivity contribution in [2.75, 3.05) is 23.0 Å². The standard InChI is InChI=1S/C21H21N5O5S/c1-14(15-6-5-7-16(22)12-15)23-24-18-11-10-17(13-20(18)26(27)28)32(29,30)25-19-8-3-4-9-21(19)31-2/h3-13,24-25H,22H2,1-2H3/b23-14+. The summed E-state index contributed by atoms with van der Waals surface area (Å²) in [6, 6.07) is 16.9. The molecular weight excluding hydrogens is 434 g/mol. The van der Waals surface area contributed by atoms with E-state index in [-0.39, 0.29) is 16.3 Å². The number of rotatable bonds is 8. The van der Waals surface area contributed by atoms with Crippen LogP contribution in [0.15, 0.2) is 76.7 Å². The van der Waals surface area contributed by atoms with Gasteiger partial charge in [0.2, 0.25) is 0 Å². The molecule has 0 unspecified atom stereocenters. The highest BCUT2D eigenvalue weighted by atomic mass is 32.2. The Morgan fingerprint density at radius 1 is 1.06 bits per heavy atom. The molecule has 0 amide bonds. The first-order valence-electron chi connectivity index (χ1n) is 9.32. The highest BCUT2D eigenvalue weighted by Gasteiger charge is 2.22. The molecule has 3 aromatic rings. The summed E-state index contributed by atoms with van der Waals surface area (Å²) in [5.41, 5.74) is 10.0. The molecule has 0 radical (unpaired) electrons. The first-order chi connectivity index (χ1) is 15.2. The average molecular weight is 455 g/mol. The lowest BCUT2D eigenvalue weighted by atomic mass is 10.1. The van der Waals surface area contributed by atoms with Gasteiger partial charge >= 0.3 is 0 Å². The molecule has 0 aromatic heterocycles. The quantitative estimate of drug-likeness (QED) is 0.202. The van der Waals surface area contributed by atoms with Crippen LogP contribution in [-0.2, 0) is 10.0 Å². The number of anilines is 3. The number of benzene rings is 3. The largest absolute Gasteiger partial charge is 0.495 e. The minimum absolute atomic E-state index is 0.0366. The van der Waals surface area contributed by atoms with E-state index in [9.17, 15) is 18.5 Å². The van der Waals surface area contributed by atoms with E-state index in [4.69, 9.17) is 10.5 Å². The van der Waals surface area contributed by atoms with E-state index < -0.39 is 20.6 Å². The Bertz CT molecular complexity index is 1290. The third kappa shape index (κ3) is 5.13. The van der Waals surface area contributed by atoms with Gasteiger partial charge < -0.3 is 10.5 Å². The summed E-state index contributed by atoms with van der Waals surface area (Å²) in [7, 11) is -2.70. The molecule has 0 aliphatic carbocycles. The number of sulfonamides is 1. The average Bonchev–Trinajstić information content (AvgIpc) is 2.77. The van der Waals surface area contributed by atoms with E-state index in [1.165, 1.54) is 25.3 Å². The van der Waals surface area contributed by atoms with E-state index in [2.05, 4.69) is 15.2 Å². The first-order valence-corrected chi connectivity index (χ1v) is 10.8. The molecule has 3 rings (SSSR count). The lowest BCUT2D eigenvalue weighted by Gasteiger charge is -2.12. The van der Waals surface area contributed by atoms with E-state index in [0.717, 1.165) is 11.6 Å². The van der Waals surface area contributed by atoms with Crippen LogP contribution in [0.5, 0.6) is 5.75 Å². The Kier molecular flexibility index (Phi) is 6.59. The number of methoxy groups -OCH3 is 1. The molecule has 0 atom stereocenters. The van der Waals surface area contributed by atoms with Gasteiger partial charge in [0.25, 0.3) is 15.7 Å². The summed E-state index contributed by atoms with van der Waals surface area (Å²) in [4.78, 5) is 10.6. The van der Waals surface area contributed by atoms with Crippen LogP contribution in [0.3, 0.4) is 0 Å². The van der Waals surface area contributed by atoms with Crippen LogP contribution < -0.4 is 20.6 Å². The van der Waals surface area contributed by atoms with E-state index >= 15 is 0 Å². The van der Waals surface area contributed by atoms with Crippen LogP contribution in [0, 0.1) is 10.1 Å². The molecule has 0 aliphatic heterocycles. The molecule has 11 heteroatoms. The maximum atomic E-state index is 12.8. The molecule has 32 heavy (non-hydrogen) atoms. The van der Waals surface area contributed by atoms with E-state index in [0.29, 0.717) is 17.1 Å². The van der Waals surface area contributed by atoms with Gasteiger partial charge in [-0.2, -0.15) is 5.10 Å². The summed E-state index contributed by atoms with van der Waals surface area (Å²) in [6.45, 7) is 1.71. The molecule has 3 aromatic carbocycles. The molecule has 0 fully saturated rings. The lowest BCUT2D eigenvalue weighted by molar-refractivity contribution is -0.384. The van der Waals surface area contributed by atoms with Gasteiger partial charge in [0, 0.05) is 11.8 Å². The minimum atomic E-state index is -4.11. The zero-order valence-corrected chi connectivity index (χ0v) is 18.1. The van der Waals surface area contributed by atoms with Gasteiger partial charge in [0.05, 0.1) is 28.3 Å². The van der Waals surface area contributed by atoms with Crippen molar-refractivity contribution in [3.8, 4) is 5.75 Å². The van der Waals surface area contributed by atoms with Crippen LogP contribution in [0.1, 0.15) is 12.5 Å². The first kappa shape index (κ1) is 22.6. The Balaban J connectivity index is 1.90. The van der Waals surface area contributed by atoms with Crippen molar-refractivity contribution in [1.29, 1.82) is 0 Å². The number of hydrogen-bond acceptors (Lipinski definition) is 8. The number of para-hydroxylation sites is 2. The number of nitrogens with one attached hydrogen (secondary N) is 2. The number of nitrogen functional groups attached to an aromatic ring is 1. The molecule has 4 N–H and O–H groups in total. The maximum absolute atomic E-state index is 12.8. The number of nitrogens with zero attached hydrogens (tertiary/aromatic N) is 2. The van der Waals surface area contributed by atoms with Gasteiger partial charge in [0.1, 0.15) is 11.4 Å². The number of nitro benzene ring substituents is 1. The second-order valence-corrected chi connectivity index (χ2v) is 8.36. The van der Waals surface area contributed by atoms with Crippen molar-refractivity contribution in [2.24, 2.45) is 5.10 Å². The van der Waals surface area contributed by atoms with Crippen LogP contribution in [0.4, 0.5) is 22.7 Å². The molecule has 0 saturated carbocycles. The van der Waals surface area contributed by atoms with Crippen molar-refractivity contribution in [3.05, 3.63) is 82.4 Å². The minimum Gasteiger partial charge on any atom is -0.495 e. The predicted octanol–water partition coefficient (Wildman–Crippen LogP) is 3.82. The Morgan fingerprint density at radius 2 is 1.81 bits per heavy atom. The van der Waals surface area contributed by atoms with Gasteiger partial charge in [-0.25, -0.2) is 8.42 Å². The normalized spacial score (nSPS) is 11.6.